The molecule has 158 valence electrons. The van der Waals surface area contributed by atoms with Crippen LogP contribution in [0, 0.1) is 10.1 Å². The first-order chi connectivity index (χ1) is 14.3. The number of likely N-dealkylation sites (tertiary alicyclic amines) is 1. The number of ether oxygens (including phenoxy) is 1. The Hall–Kier alpha value is -3.46. The zero-order valence-electron chi connectivity index (χ0n) is 16.7. The van der Waals surface area contributed by atoms with Crippen LogP contribution >= 0.6 is 0 Å². The molecule has 0 saturated carbocycles. The lowest BCUT2D eigenvalue weighted by atomic mass is 9.81. The highest BCUT2D eigenvalue weighted by Gasteiger charge is 2.46. The van der Waals surface area contributed by atoms with Gasteiger partial charge in [-0.1, -0.05) is 24.3 Å². The minimum Gasteiger partial charge on any atom is -0.489 e. The molecule has 0 spiro atoms. The van der Waals surface area contributed by atoms with Crippen LogP contribution in [0.4, 0.5) is 5.69 Å². The molecule has 9 nitrogen and oxygen atoms in total. The van der Waals surface area contributed by atoms with E-state index in [0.29, 0.717) is 24.3 Å². The molecule has 30 heavy (non-hydrogen) atoms. The van der Waals surface area contributed by atoms with Gasteiger partial charge in [-0.15, -0.1) is 0 Å². The summed E-state index contributed by atoms with van der Waals surface area (Å²) in [6, 6.07) is 12.6. The van der Waals surface area contributed by atoms with Crippen LogP contribution in [0.15, 0.2) is 48.5 Å². The Morgan fingerprint density at radius 1 is 1.33 bits per heavy atom. The third kappa shape index (κ3) is 4.11. The maximum absolute atomic E-state index is 13.0. The molecule has 0 aliphatic carbocycles. The predicted octanol–water partition coefficient (Wildman–Crippen LogP) is 2.56. The van der Waals surface area contributed by atoms with Gasteiger partial charge in [-0.05, 0) is 43.5 Å². The average Bonchev–Trinajstić information content (AvgIpc) is 3.07. The van der Waals surface area contributed by atoms with Crippen molar-refractivity contribution < 1.29 is 24.5 Å². The number of amides is 2. The van der Waals surface area contributed by atoms with Gasteiger partial charge in [0.05, 0.1) is 10.3 Å². The first kappa shape index (κ1) is 21.3. The van der Waals surface area contributed by atoms with Crippen LogP contribution in [-0.4, -0.2) is 39.4 Å². The van der Waals surface area contributed by atoms with Crippen molar-refractivity contribution in [3.63, 3.8) is 0 Å². The van der Waals surface area contributed by atoms with E-state index in [2.05, 4.69) is 0 Å². The van der Waals surface area contributed by atoms with Crippen LogP contribution in [0.5, 0.6) is 5.75 Å². The molecule has 2 atom stereocenters. The number of nitrogens with one attached hydrogen (secondary N) is 1. The van der Waals surface area contributed by atoms with E-state index < -0.39 is 22.3 Å². The summed E-state index contributed by atoms with van der Waals surface area (Å²) >= 11 is 0. The Morgan fingerprint density at radius 3 is 2.67 bits per heavy atom. The molecule has 1 fully saturated rings. The molecule has 0 aromatic heterocycles. The van der Waals surface area contributed by atoms with Gasteiger partial charge in [-0.25, -0.2) is 5.48 Å². The topological polar surface area (TPSA) is 122 Å². The van der Waals surface area contributed by atoms with Crippen LogP contribution in [0.3, 0.4) is 0 Å². The predicted molar refractivity (Wildman–Crippen MR) is 107 cm³/mol. The maximum atomic E-state index is 13.0. The van der Waals surface area contributed by atoms with Crippen LogP contribution in [-0.2, 0) is 21.6 Å². The van der Waals surface area contributed by atoms with Crippen LogP contribution < -0.4 is 10.2 Å². The number of hydroxylamine groups is 1. The molecule has 9 heteroatoms. The second kappa shape index (κ2) is 8.50. The highest BCUT2D eigenvalue weighted by atomic mass is 16.6. The van der Waals surface area contributed by atoms with E-state index in [4.69, 9.17) is 9.94 Å². The highest BCUT2D eigenvalue weighted by molar-refractivity contribution is 5.94. The lowest BCUT2D eigenvalue weighted by molar-refractivity contribution is -0.384. The molecule has 2 N–H and O–H groups in total. The first-order valence-corrected chi connectivity index (χ1v) is 9.48. The third-order valence-electron chi connectivity index (χ3n) is 5.56. The fourth-order valence-electron chi connectivity index (χ4n) is 3.59. The van der Waals surface area contributed by atoms with Crippen molar-refractivity contribution >= 4 is 17.5 Å². The molecule has 1 aliphatic rings. The minimum atomic E-state index is -0.775. The number of nitrogens with zero attached hydrogens (tertiary/aromatic N) is 2. The summed E-state index contributed by atoms with van der Waals surface area (Å²) in [7, 11) is 0. The fraction of sp³-hybridized carbons (Fsp3) is 0.333. The number of nitro benzene ring substituents is 1. The van der Waals surface area contributed by atoms with E-state index in [0.717, 1.165) is 5.56 Å². The molecule has 1 aliphatic heterocycles. The summed E-state index contributed by atoms with van der Waals surface area (Å²) < 4.78 is 5.71. The molecule has 2 amide bonds. The van der Waals surface area contributed by atoms with Crippen molar-refractivity contribution in [2.75, 3.05) is 6.54 Å². The van der Waals surface area contributed by atoms with E-state index >= 15 is 0 Å². The second-order valence-corrected chi connectivity index (χ2v) is 7.47. The standard InChI is InChI=1S/C21H23N3O6/c1-14(19(25)22-27)23-11-10-21(2,20(23)26)16-6-8-18(9-7-16)30-13-15-4-3-5-17(12-15)24(28)29/h3-9,12,14,27H,10-11,13H2,1-2H3,(H,22,25)/t14-,21+/m1/s1. The first-order valence-electron chi connectivity index (χ1n) is 9.48. The summed E-state index contributed by atoms with van der Waals surface area (Å²) in [6.07, 6.45) is 0.544. The van der Waals surface area contributed by atoms with Gasteiger partial charge in [-0.3, -0.25) is 24.9 Å². The number of nitro groups is 1. The monoisotopic (exact) mass is 413 g/mol. The van der Waals surface area contributed by atoms with Crippen molar-refractivity contribution in [3.05, 3.63) is 69.8 Å². The van der Waals surface area contributed by atoms with Crippen molar-refractivity contribution in [3.8, 4) is 5.75 Å². The SMILES string of the molecule is C[C@H](C(=O)NO)N1CC[C@@](C)(c2ccc(OCc3cccc([N+](=O)[O-])c3)cc2)C1=O. The number of carbonyl (C=O) groups excluding carboxylic acids is 2. The van der Waals surface area contributed by atoms with E-state index in [1.165, 1.54) is 17.0 Å². The lowest BCUT2D eigenvalue weighted by Crippen LogP contribution is -2.47. The summed E-state index contributed by atoms with van der Waals surface area (Å²) in [5.74, 6) is -0.231. The smallest absolute Gasteiger partial charge is 0.269 e. The molecular formula is C21H23N3O6. The fourth-order valence-corrected chi connectivity index (χ4v) is 3.59. The summed E-state index contributed by atoms with van der Waals surface area (Å²) in [5, 5.41) is 19.7. The van der Waals surface area contributed by atoms with Crippen LogP contribution in [0.25, 0.3) is 0 Å². The molecule has 2 aromatic carbocycles. The average molecular weight is 413 g/mol. The van der Waals surface area contributed by atoms with Gasteiger partial charge in [0.1, 0.15) is 18.4 Å². The van der Waals surface area contributed by atoms with Crippen molar-refractivity contribution in [1.29, 1.82) is 0 Å². The summed E-state index contributed by atoms with van der Waals surface area (Å²) in [4.78, 5) is 36.5. The van der Waals surface area contributed by atoms with Gasteiger partial charge in [0.2, 0.25) is 5.91 Å². The third-order valence-corrected chi connectivity index (χ3v) is 5.56. The quantitative estimate of drug-likeness (QED) is 0.409. The maximum Gasteiger partial charge on any atom is 0.269 e. The Morgan fingerprint density at radius 2 is 2.03 bits per heavy atom. The number of hydrogen-bond donors (Lipinski definition) is 2. The zero-order valence-corrected chi connectivity index (χ0v) is 16.7. The van der Waals surface area contributed by atoms with Gasteiger partial charge in [0.15, 0.2) is 0 Å². The van der Waals surface area contributed by atoms with Gasteiger partial charge in [0.25, 0.3) is 11.6 Å². The van der Waals surface area contributed by atoms with Gasteiger partial charge in [0, 0.05) is 18.7 Å². The zero-order chi connectivity index (χ0) is 21.9. The molecular weight excluding hydrogens is 390 g/mol. The Labute approximate surface area is 173 Å². The molecule has 0 radical (unpaired) electrons. The van der Waals surface area contributed by atoms with Gasteiger partial charge in [-0.2, -0.15) is 0 Å². The number of rotatable bonds is 7. The normalized spacial score (nSPS) is 19.4. The van der Waals surface area contributed by atoms with Crippen molar-refractivity contribution in [2.45, 2.75) is 38.3 Å². The van der Waals surface area contributed by atoms with Gasteiger partial charge >= 0.3 is 0 Å². The Kier molecular flexibility index (Phi) is 6.02. The van der Waals surface area contributed by atoms with E-state index in [9.17, 15) is 19.7 Å². The van der Waals surface area contributed by atoms with Gasteiger partial charge < -0.3 is 9.64 Å². The summed E-state index contributed by atoms with van der Waals surface area (Å²) in [5.41, 5.74) is 2.30. The Balaban J connectivity index is 1.68. The van der Waals surface area contributed by atoms with Crippen LogP contribution in [0.1, 0.15) is 31.4 Å². The lowest BCUT2D eigenvalue weighted by Gasteiger charge is -2.27. The summed E-state index contributed by atoms with van der Waals surface area (Å²) in [6.45, 7) is 3.99. The van der Waals surface area contributed by atoms with E-state index in [1.54, 1.807) is 48.8 Å². The van der Waals surface area contributed by atoms with Crippen molar-refractivity contribution in [2.24, 2.45) is 0 Å². The molecule has 1 heterocycles. The molecule has 3 rings (SSSR count). The molecule has 0 bridgehead atoms. The molecule has 2 aromatic rings. The molecule has 0 unspecified atom stereocenters. The van der Waals surface area contributed by atoms with E-state index in [1.807, 2.05) is 6.92 Å². The Bertz CT molecular complexity index is 961. The minimum absolute atomic E-state index is 0.00720. The second-order valence-electron chi connectivity index (χ2n) is 7.47. The number of non-ortho nitro benzene ring substituents is 1. The van der Waals surface area contributed by atoms with Crippen LogP contribution in [0.2, 0.25) is 0 Å². The number of hydrogen-bond acceptors (Lipinski definition) is 6. The number of benzene rings is 2. The van der Waals surface area contributed by atoms with E-state index in [-0.39, 0.29) is 18.2 Å². The highest BCUT2D eigenvalue weighted by Crippen LogP contribution is 2.37. The van der Waals surface area contributed by atoms with Crippen molar-refractivity contribution in [1.82, 2.24) is 10.4 Å². The number of carbonyl (C=O) groups is 2. The molecule has 1 saturated heterocycles. The largest absolute Gasteiger partial charge is 0.489 e.